The number of hydrogen-bond donors (Lipinski definition) is 1. The Hall–Kier alpha value is -1.51. The van der Waals surface area contributed by atoms with E-state index in [1.165, 1.54) is 0 Å². The lowest BCUT2D eigenvalue weighted by Crippen LogP contribution is -2.26. The molecule has 0 bridgehead atoms. The zero-order valence-electron chi connectivity index (χ0n) is 11.3. The highest BCUT2D eigenvalue weighted by Gasteiger charge is 2.17. The Morgan fingerprint density at radius 2 is 1.94 bits per heavy atom. The Morgan fingerprint density at radius 3 is 2.53 bits per heavy atom. The smallest absolute Gasteiger partial charge is 0.152 e. The molecule has 92 valence electrons. The van der Waals surface area contributed by atoms with Gasteiger partial charge in [0.15, 0.2) is 5.82 Å². The van der Waals surface area contributed by atoms with Gasteiger partial charge in [-0.25, -0.2) is 4.98 Å². The molecule has 0 radical (unpaired) electrons. The normalized spacial score (nSPS) is 12.4. The Balaban J connectivity index is 2.57. The summed E-state index contributed by atoms with van der Waals surface area (Å²) in [5.41, 5.74) is 1.17. The molecule has 0 saturated carbocycles. The van der Waals surface area contributed by atoms with E-state index < -0.39 is 0 Å². The SMILES string of the molecule is CC(C)c1nc(NC(C)(C)C)c2ccccn12. The number of rotatable bonds is 2. The maximum absolute atomic E-state index is 4.73. The Labute approximate surface area is 103 Å². The molecule has 0 aliphatic heterocycles. The van der Waals surface area contributed by atoms with Crippen LogP contribution in [0.15, 0.2) is 24.4 Å². The van der Waals surface area contributed by atoms with Crippen molar-refractivity contribution in [3.63, 3.8) is 0 Å². The second kappa shape index (κ2) is 4.06. The fraction of sp³-hybridized carbons (Fsp3) is 0.500. The van der Waals surface area contributed by atoms with Crippen LogP contribution in [0.25, 0.3) is 5.52 Å². The molecule has 0 aromatic carbocycles. The predicted octanol–water partition coefficient (Wildman–Crippen LogP) is 3.67. The number of aromatic nitrogens is 2. The maximum Gasteiger partial charge on any atom is 0.152 e. The zero-order chi connectivity index (χ0) is 12.6. The summed E-state index contributed by atoms with van der Waals surface area (Å²) in [4.78, 5) is 4.73. The van der Waals surface area contributed by atoms with Crippen molar-refractivity contribution in [2.24, 2.45) is 0 Å². The molecule has 3 heteroatoms. The van der Waals surface area contributed by atoms with Crippen molar-refractivity contribution < 1.29 is 0 Å². The summed E-state index contributed by atoms with van der Waals surface area (Å²) in [5.74, 6) is 2.49. The molecule has 0 fully saturated rings. The van der Waals surface area contributed by atoms with Crippen LogP contribution >= 0.6 is 0 Å². The summed E-state index contributed by atoms with van der Waals surface area (Å²) in [6.45, 7) is 10.8. The van der Waals surface area contributed by atoms with E-state index >= 15 is 0 Å². The van der Waals surface area contributed by atoms with Crippen LogP contribution in [0.4, 0.5) is 5.82 Å². The first kappa shape index (κ1) is 12.0. The Morgan fingerprint density at radius 1 is 1.24 bits per heavy atom. The lowest BCUT2D eigenvalue weighted by molar-refractivity contribution is 0.631. The molecule has 1 N–H and O–H groups in total. The standard InChI is InChI=1S/C14H21N3/c1-10(2)13-15-12(16-14(3,4)5)11-8-6-7-9-17(11)13/h6-10,16H,1-5H3. The van der Waals surface area contributed by atoms with E-state index in [0.29, 0.717) is 5.92 Å². The van der Waals surface area contributed by atoms with E-state index in [1.807, 2.05) is 6.07 Å². The summed E-state index contributed by atoms with van der Waals surface area (Å²) in [6, 6.07) is 6.20. The first-order valence-electron chi connectivity index (χ1n) is 6.13. The van der Waals surface area contributed by atoms with Gasteiger partial charge in [0.25, 0.3) is 0 Å². The molecule has 0 unspecified atom stereocenters. The van der Waals surface area contributed by atoms with Crippen molar-refractivity contribution >= 4 is 11.3 Å². The van der Waals surface area contributed by atoms with Crippen molar-refractivity contribution in [3.05, 3.63) is 30.2 Å². The third-order valence-corrected chi connectivity index (χ3v) is 2.59. The van der Waals surface area contributed by atoms with Gasteiger partial charge >= 0.3 is 0 Å². The van der Waals surface area contributed by atoms with Gasteiger partial charge in [0.05, 0.1) is 5.52 Å². The Bertz CT molecular complexity index is 518. The average molecular weight is 231 g/mol. The first-order chi connectivity index (χ1) is 7.88. The number of nitrogens with one attached hydrogen (secondary N) is 1. The van der Waals surface area contributed by atoms with Crippen LogP contribution in [0.2, 0.25) is 0 Å². The van der Waals surface area contributed by atoms with Crippen molar-refractivity contribution in [1.82, 2.24) is 9.38 Å². The molecule has 0 aliphatic rings. The minimum atomic E-state index is 0.0267. The highest BCUT2D eigenvalue weighted by atomic mass is 15.1. The van der Waals surface area contributed by atoms with Gasteiger partial charge in [-0.05, 0) is 32.9 Å². The molecule has 0 spiro atoms. The van der Waals surface area contributed by atoms with Crippen molar-refractivity contribution in [2.45, 2.75) is 46.1 Å². The number of anilines is 1. The fourth-order valence-corrected chi connectivity index (χ4v) is 1.92. The van der Waals surface area contributed by atoms with Crippen molar-refractivity contribution in [1.29, 1.82) is 0 Å². The van der Waals surface area contributed by atoms with E-state index in [2.05, 4.69) is 62.7 Å². The van der Waals surface area contributed by atoms with Gasteiger partial charge in [-0.3, -0.25) is 0 Å². The molecule has 0 amide bonds. The first-order valence-corrected chi connectivity index (χ1v) is 6.13. The van der Waals surface area contributed by atoms with E-state index in [-0.39, 0.29) is 5.54 Å². The zero-order valence-corrected chi connectivity index (χ0v) is 11.3. The molecule has 17 heavy (non-hydrogen) atoms. The largest absolute Gasteiger partial charge is 0.364 e. The molecule has 2 aromatic rings. The number of fused-ring (bicyclic) bond motifs is 1. The molecule has 0 atom stereocenters. The lowest BCUT2D eigenvalue weighted by atomic mass is 10.1. The van der Waals surface area contributed by atoms with Gasteiger partial charge in [0, 0.05) is 17.7 Å². The fourth-order valence-electron chi connectivity index (χ4n) is 1.92. The van der Waals surface area contributed by atoms with Crippen LogP contribution in [-0.4, -0.2) is 14.9 Å². The molecule has 2 heterocycles. The third-order valence-electron chi connectivity index (χ3n) is 2.59. The van der Waals surface area contributed by atoms with Gasteiger partial charge < -0.3 is 9.72 Å². The molecule has 2 rings (SSSR count). The van der Waals surface area contributed by atoms with E-state index in [0.717, 1.165) is 17.2 Å². The van der Waals surface area contributed by atoms with Gasteiger partial charge in [-0.2, -0.15) is 0 Å². The van der Waals surface area contributed by atoms with Gasteiger partial charge in [0.1, 0.15) is 5.82 Å². The van der Waals surface area contributed by atoms with Crippen LogP contribution in [-0.2, 0) is 0 Å². The van der Waals surface area contributed by atoms with E-state index in [9.17, 15) is 0 Å². The molecule has 0 aliphatic carbocycles. The predicted molar refractivity (Wildman–Crippen MR) is 72.7 cm³/mol. The van der Waals surface area contributed by atoms with Crippen LogP contribution < -0.4 is 5.32 Å². The second-order valence-corrected chi connectivity index (χ2v) is 5.80. The molecule has 0 saturated heterocycles. The minimum absolute atomic E-state index is 0.0267. The summed E-state index contributed by atoms with van der Waals surface area (Å²) < 4.78 is 2.17. The van der Waals surface area contributed by atoms with Gasteiger partial charge in [-0.1, -0.05) is 19.9 Å². The summed E-state index contributed by atoms with van der Waals surface area (Å²) in [6.07, 6.45) is 2.07. The highest BCUT2D eigenvalue weighted by Crippen LogP contribution is 2.25. The molecule has 3 nitrogen and oxygen atoms in total. The minimum Gasteiger partial charge on any atom is -0.364 e. The van der Waals surface area contributed by atoms with Crippen LogP contribution in [0.3, 0.4) is 0 Å². The summed E-state index contributed by atoms with van der Waals surface area (Å²) >= 11 is 0. The molecule has 2 aromatic heterocycles. The average Bonchev–Trinajstić information content (AvgIpc) is 2.55. The van der Waals surface area contributed by atoms with Crippen molar-refractivity contribution in [2.75, 3.05) is 5.32 Å². The molecular weight excluding hydrogens is 210 g/mol. The number of nitrogens with zero attached hydrogens (tertiary/aromatic N) is 2. The van der Waals surface area contributed by atoms with Crippen molar-refractivity contribution in [3.8, 4) is 0 Å². The number of pyridine rings is 1. The quantitative estimate of drug-likeness (QED) is 0.854. The monoisotopic (exact) mass is 231 g/mol. The highest BCUT2D eigenvalue weighted by molar-refractivity contribution is 5.69. The lowest BCUT2D eigenvalue weighted by Gasteiger charge is -2.20. The van der Waals surface area contributed by atoms with Crippen LogP contribution in [0, 0.1) is 0 Å². The third kappa shape index (κ3) is 2.43. The number of hydrogen-bond acceptors (Lipinski definition) is 2. The van der Waals surface area contributed by atoms with Gasteiger partial charge in [-0.15, -0.1) is 0 Å². The topological polar surface area (TPSA) is 29.3 Å². The second-order valence-electron chi connectivity index (χ2n) is 5.80. The van der Waals surface area contributed by atoms with Gasteiger partial charge in [0.2, 0.25) is 0 Å². The molecular formula is C14H21N3. The summed E-state index contributed by atoms with van der Waals surface area (Å²) in [7, 11) is 0. The summed E-state index contributed by atoms with van der Waals surface area (Å²) in [5, 5.41) is 3.47. The maximum atomic E-state index is 4.73. The Kier molecular flexibility index (Phi) is 2.86. The van der Waals surface area contributed by atoms with E-state index in [4.69, 9.17) is 4.98 Å². The van der Waals surface area contributed by atoms with Crippen LogP contribution in [0.1, 0.15) is 46.4 Å². The van der Waals surface area contributed by atoms with E-state index in [1.54, 1.807) is 0 Å². The number of imidazole rings is 1. The van der Waals surface area contributed by atoms with Crippen LogP contribution in [0.5, 0.6) is 0 Å².